The van der Waals surface area contributed by atoms with Crippen LogP contribution in [0.15, 0.2) is 55.8 Å². The smallest absolute Gasteiger partial charge is 0.335 e. The van der Waals surface area contributed by atoms with Crippen LogP contribution in [-0.4, -0.2) is 43.1 Å². The van der Waals surface area contributed by atoms with E-state index in [1.165, 1.54) is 10.8 Å². The van der Waals surface area contributed by atoms with E-state index in [2.05, 4.69) is 14.9 Å². The van der Waals surface area contributed by atoms with E-state index in [9.17, 15) is 19.5 Å². The number of hydrogen-bond acceptors (Lipinski definition) is 6. The molecule has 4 aromatic rings. The van der Waals surface area contributed by atoms with Gasteiger partial charge in [0.15, 0.2) is 0 Å². The Bertz CT molecular complexity index is 1620. The molecule has 10 nitrogen and oxygen atoms in total. The lowest BCUT2D eigenvalue weighted by Gasteiger charge is -2.23. The highest BCUT2D eigenvalue weighted by Gasteiger charge is 2.17. The number of hydrogen-bond donors (Lipinski definition) is 2. The fraction of sp³-hybridized carbons (Fsp3) is 0.250. The minimum atomic E-state index is -0.795. The number of anilines is 1. The van der Waals surface area contributed by atoms with E-state index >= 15 is 0 Å². The predicted molar refractivity (Wildman–Crippen MR) is 138 cm³/mol. The van der Waals surface area contributed by atoms with Crippen LogP contribution in [0, 0.1) is 0 Å². The fourth-order valence-corrected chi connectivity index (χ4v) is 4.19. The molecule has 0 unspecified atom stereocenters. The summed E-state index contributed by atoms with van der Waals surface area (Å²) in [4.78, 5) is 46.3. The first-order chi connectivity index (χ1) is 16.7. The second kappa shape index (κ2) is 9.30. The number of aromatic nitrogens is 4. The molecule has 0 spiro atoms. The minimum Gasteiger partial charge on any atom is -0.493 e. The van der Waals surface area contributed by atoms with Gasteiger partial charge >= 0.3 is 11.4 Å². The molecule has 2 heterocycles. The van der Waals surface area contributed by atoms with Crippen LogP contribution in [0.4, 0.5) is 11.4 Å². The van der Waals surface area contributed by atoms with Gasteiger partial charge in [-0.15, -0.1) is 0 Å². The number of fused-ring (bicyclic) bond motifs is 1. The Kier molecular flexibility index (Phi) is 6.40. The van der Waals surface area contributed by atoms with E-state index in [0.29, 0.717) is 35.0 Å². The van der Waals surface area contributed by atoms with Gasteiger partial charge in [0, 0.05) is 38.4 Å². The number of aryl methyl sites for hydroxylation is 2. The lowest BCUT2D eigenvalue weighted by molar-refractivity contribution is 0.430. The standard InChI is InChI=1S/C24H25ClN6O4/c1-5-30(6-2)18-12-20-19(28(3)24(35)29(20)4)11-17(18)26-13-16-21(32)27-23(34)31(22(16)33)15-9-7-14(25)8-10-15/h7-13,33H,5-6H2,1-4H3,(H,27,32,34). The number of H-pyrrole nitrogens is 1. The second-order valence-electron chi connectivity index (χ2n) is 7.97. The Balaban J connectivity index is 1.92. The molecule has 35 heavy (non-hydrogen) atoms. The molecule has 2 N–H and O–H groups in total. The van der Waals surface area contributed by atoms with Crippen LogP contribution in [0.2, 0.25) is 5.02 Å². The number of imidazole rings is 1. The number of nitrogens with zero attached hydrogens (tertiary/aromatic N) is 5. The van der Waals surface area contributed by atoms with Gasteiger partial charge in [0.1, 0.15) is 5.56 Å². The van der Waals surface area contributed by atoms with Crippen molar-refractivity contribution in [2.75, 3.05) is 18.0 Å². The highest BCUT2D eigenvalue weighted by Crippen LogP contribution is 2.33. The lowest BCUT2D eigenvalue weighted by Crippen LogP contribution is -2.31. The largest absolute Gasteiger partial charge is 0.493 e. The highest BCUT2D eigenvalue weighted by atomic mass is 35.5. The van der Waals surface area contributed by atoms with Gasteiger partial charge in [-0.05, 0) is 50.2 Å². The van der Waals surface area contributed by atoms with Crippen molar-refractivity contribution in [3.05, 3.63) is 78.3 Å². The summed E-state index contributed by atoms with van der Waals surface area (Å²) in [6.07, 6.45) is 1.22. The summed E-state index contributed by atoms with van der Waals surface area (Å²) in [5, 5.41) is 11.3. The van der Waals surface area contributed by atoms with Crippen LogP contribution >= 0.6 is 11.6 Å². The number of rotatable bonds is 6. The van der Waals surface area contributed by atoms with Gasteiger partial charge in [0.05, 0.1) is 28.1 Å². The number of benzene rings is 2. The first kappa shape index (κ1) is 24.1. The summed E-state index contributed by atoms with van der Waals surface area (Å²) in [5.41, 5.74) is 1.08. The average Bonchev–Trinajstić information content (AvgIpc) is 3.04. The van der Waals surface area contributed by atoms with Crippen LogP contribution in [0.1, 0.15) is 19.4 Å². The van der Waals surface area contributed by atoms with E-state index in [4.69, 9.17) is 11.6 Å². The van der Waals surface area contributed by atoms with E-state index in [1.807, 2.05) is 19.9 Å². The van der Waals surface area contributed by atoms with Gasteiger partial charge in [0.25, 0.3) is 5.56 Å². The number of aromatic amines is 1. The molecule has 0 saturated heterocycles. The van der Waals surface area contributed by atoms with E-state index in [0.717, 1.165) is 15.8 Å². The third-order valence-electron chi connectivity index (χ3n) is 6.01. The SMILES string of the molecule is CCN(CC)c1cc2c(cc1N=Cc1c(O)n(-c3ccc(Cl)cc3)c(=O)[nH]c1=O)n(C)c(=O)n2C. The van der Waals surface area contributed by atoms with Gasteiger partial charge in [-0.2, -0.15) is 0 Å². The lowest BCUT2D eigenvalue weighted by atomic mass is 10.2. The van der Waals surface area contributed by atoms with Gasteiger partial charge in [-0.25, -0.2) is 14.2 Å². The normalized spacial score (nSPS) is 11.6. The predicted octanol–water partition coefficient (Wildman–Crippen LogP) is 2.67. The topological polar surface area (TPSA) is 118 Å². The second-order valence-corrected chi connectivity index (χ2v) is 8.41. The zero-order valence-corrected chi connectivity index (χ0v) is 20.5. The zero-order valence-electron chi connectivity index (χ0n) is 19.7. The molecule has 0 fully saturated rings. The fourth-order valence-electron chi connectivity index (χ4n) is 4.06. The molecule has 0 saturated carbocycles. The van der Waals surface area contributed by atoms with Crippen molar-refractivity contribution in [3.63, 3.8) is 0 Å². The van der Waals surface area contributed by atoms with Gasteiger partial charge in [0.2, 0.25) is 5.88 Å². The molecule has 2 aromatic carbocycles. The Hall–Kier alpha value is -4.05. The van der Waals surface area contributed by atoms with Crippen molar-refractivity contribution in [2.45, 2.75) is 13.8 Å². The third kappa shape index (κ3) is 4.17. The first-order valence-corrected chi connectivity index (χ1v) is 11.4. The molecule has 11 heteroatoms. The summed E-state index contributed by atoms with van der Waals surface area (Å²) in [6.45, 7) is 5.39. The highest BCUT2D eigenvalue weighted by molar-refractivity contribution is 6.30. The van der Waals surface area contributed by atoms with E-state index < -0.39 is 17.1 Å². The van der Waals surface area contributed by atoms with Gasteiger partial charge in [-0.1, -0.05) is 11.6 Å². The number of nitrogens with one attached hydrogen (secondary N) is 1. The Labute approximate surface area is 205 Å². The number of aromatic hydroxyl groups is 1. The summed E-state index contributed by atoms with van der Waals surface area (Å²) < 4.78 is 4.05. The third-order valence-corrected chi connectivity index (χ3v) is 6.26. The maximum atomic E-state index is 12.6. The molecule has 182 valence electrons. The van der Waals surface area contributed by atoms with Gasteiger partial charge < -0.3 is 10.0 Å². The van der Waals surface area contributed by atoms with Crippen molar-refractivity contribution >= 4 is 40.2 Å². The molecule has 0 radical (unpaired) electrons. The Morgan fingerprint density at radius 1 is 1.03 bits per heavy atom. The monoisotopic (exact) mass is 496 g/mol. The summed E-state index contributed by atoms with van der Waals surface area (Å²) in [7, 11) is 3.38. The van der Waals surface area contributed by atoms with E-state index in [1.54, 1.807) is 49.0 Å². The molecule has 4 rings (SSSR count). The van der Waals surface area contributed by atoms with Crippen molar-refractivity contribution in [1.29, 1.82) is 0 Å². The molecular formula is C24H25ClN6O4. The summed E-state index contributed by atoms with van der Waals surface area (Å²) in [5.74, 6) is -0.553. The first-order valence-electron chi connectivity index (χ1n) is 11.0. The Morgan fingerprint density at radius 2 is 1.63 bits per heavy atom. The minimum absolute atomic E-state index is 0.171. The maximum absolute atomic E-state index is 12.6. The zero-order chi connectivity index (χ0) is 25.4. The van der Waals surface area contributed by atoms with Crippen LogP contribution in [0.3, 0.4) is 0 Å². The molecule has 0 aliphatic heterocycles. The molecule has 0 bridgehead atoms. The van der Waals surface area contributed by atoms with Crippen molar-refractivity contribution in [2.24, 2.45) is 19.1 Å². The van der Waals surface area contributed by atoms with Gasteiger partial charge in [-0.3, -0.25) is 23.9 Å². The van der Waals surface area contributed by atoms with Crippen molar-refractivity contribution in [3.8, 4) is 11.6 Å². The number of halogens is 1. The summed E-state index contributed by atoms with van der Waals surface area (Å²) in [6, 6.07) is 9.88. The van der Waals surface area contributed by atoms with E-state index in [-0.39, 0.29) is 11.3 Å². The van der Waals surface area contributed by atoms with Crippen LogP contribution in [-0.2, 0) is 14.1 Å². The average molecular weight is 497 g/mol. The molecule has 2 aromatic heterocycles. The quantitative estimate of drug-likeness (QED) is 0.398. The molecule has 0 amide bonds. The van der Waals surface area contributed by atoms with Crippen molar-refractivity contribution < 1.29 is 5.11 Å². The van der Waals surface area contributed by atoms with Crippen LogP contribution in [0.25, 0.3) is 16.7 Å². The Morgan fingerprint density at radius 3 is 2.23 bits per heavy atom. The molecule has 0 atom stereocenters. The molecule has 0 aliphatic rings. The van der Waals surface area contributed by atoms with Crippen molar-refractivity contribution in [1.82, 2.24) is 18.7 Å². The summed E-state index contributed by atoms with van der Waals surface area (Å²) >= 11 is 5.93. The molecule has 0 aliphatic carbocycles. The van der Waals surface area contributed by atoms with Crippen LogP contribution < -0.4 is 21.8 Å². The van der Waals surface area contributed by atoms with Crippen LogP contribution in [0.5, 0.6) is 5.88 Å². The molecular weight excluding hydrogens is 472 g/mol. The maximum Gasteiger partial charge on any atom is 0.335 e. The number of aliphatic imine (C=N–C) groups is 1.